The fraction of sp³-hybridized carbons (Fsp3) is 0.333. The molecule has 2 aromatic rings. The van der Waals surface area contributed by atoms with Gasteiger partial charge in [-0.15, -0.1) is 0 Å². The summed E-state index contributed by atoms with van der Waals surface area (Å²) in [5.41, 5.74) is 6.09. The lowest BCUT2D eigenvalue weighted by Gasteiger charge is -2.30. The van der Waals surface area contributed by atoms with E-state index in [9.17, 15) is 10.1 Å². The molecule has 28 heavy (non-hydrogen) atoms. The Morgan fingerprint density at radius 1 is 1.43 bits per heavy atom. The Labute approximate surface area is 164 Å². The molecule has 1 atom stereocenters. The first kappa shape index (κ1) is 20.9. The molecule has 2 rings (SSSR count). The molecule has 1 heterocycles. The number of amides is 1. The second-order valence-corrected chi connectivity index (χ2v) is 7.08. The highest BCUT2D eigenvalue weighted by atomic mass is 16.6. The number of carbonyl (C=O) groups is 1. The number of hydrogen-bond acceptors (Lipinski definition) is 6. The van der Waals surface area contributed by atoms with Crippen LogP contribution in [0.15, 0.2) is 37.0 Å². The third-order valence-electron chi connectivity index (χ3n) is 3.97. The lowest BCUT2D eigenvalue weighted by Crippen LogP contribution is -2.41. The number of aromatic nitrogens is 2. The average Bonchev–Trinajstić information content (AvgIpc) is 2.65. The van der Waals surface area contributed by atoms with Gasteiger partial charge in [0, 0.05) is 11.8 Å². The molecule has 0 aliphatic rings. The van der Waals surface area contributed by atoms with E-state index in [-0.39, 0.29) is 12.5 Å². The second kappa shape index (κ2) is 9.00. The Morgan fingerprint density at radius 2 is 2.18 bits per heavy atom. The second-order valence-electron chi connectivity index (χ2n) is 7.08. The molecular formula is C21H24N4O3. The van der Waals surface area contributed by atoms with E-state index < -0.39 is 11.7 Å². The average molecular weight is 380 g/mol. The van der Waals surface area contributed by atoms with Crippen LogP contribution in [-0.2, 0) is 4.74 Å². The minimum atomic E-state index is -0.892. The van der Waals surface area contributed by atoms with Gasteiger partial charge in [-0.05, 0) is 49.6 Å². The summed E-state index contributed by atoms with van der Waals surface area (Å²) in [5.74, 6) is 1.17. The maximum Gasteiger partial charge on any atom is 0.405 e. The van der Waals surface area contributed by atoms with Crippen molar-refractivity contribution in [1.29, 1.82) is 5.26 Å². The summed E-state index contributed by atoms with van der Waals surface area (Å²) in [6.07, 6.45) is 2.90. The Balaban J connectivity index is 2.25. The zero-order chi connectivity index (χ0) is 20.7. The molecule has 2 N–H and O–H groups in total. The largest absolute Gasteiger partial charge is 0.488 e. The molecule has 0 fully saturated rings. The molecule has 0 saturated carbocycles. The van der Waals surface area contributed by atoms with Gasteiger partial charge in [-0.3, -0.25) is 0 Å². The number of benzene rings is 1. The first-order chi connectivity index (χ1) is 13.3. The summed E-state index contributed by atoms with van der Waals surface area (Å²) in [7, 11) is 0. The van der Waals surface area contributed by atoms with Crippen LogP contribution in [0.25, 0.3) is 17.3 Å². The van der Waals surface area contributed by atoms with Gasteiger partial charge < -0.3 is 15.2 Å². The van der Waals surface area contributed by atoms with E-state index in [4.69, 9.17) is 15.2 Å². The van der Waals surface area contributed by atoms with Gasteiger partial charge in [-0.25, -0.2) is 14.8 Å². The number of nitrogens with two attached hydrogens (primary N) is 1. The van der Waals surface area contributed by atoms with Crippen molar-refractivity contribution in [3.05, 3.63) is 48.4 Å². The van der Waals surface area contributed by atoms with E-state index in [1.165, 1.54) is 0 Å². The Bertz CT molecular complexity index is 905. The SMILES string of the molecule is C=Cc1nccc(-c2ccc(OCC(C)(CC(C)C)OC(N)=O)c(C#N)c2)n1. The zero-order valence-corrected chi connectivity index (χ0v) is 16.3. The highest BCUT2D eigenvalue weighted by molar-refractivity contribution is 5.65. The van der Waals surface area contributed by atoms with Crippen molar-refractivity contribution >= 4 is 12.2 Å². The quantitative estimate of drug-likeness (QED) is 0.742. The van der Waals surface area contributed by atoms with Crippen molar-refractivity contribution in [3.63, 3.8) is 0 Å². The minimum absolute atomic E-state index is 0.0796. The standard InChI is InChI=1S/C21H24N4O3/c1-5-19-24-9-8-17(25-19)15-6-7-18(16(10-15)12-22)27-13-21(4,11-14(2)3)28-20(23)26/h5-10,14H,1,11,13H2,2-4H3,(H2,23,26). The van der Waals surface area contributed by atoms with Crippen LogP contribution in [0.3, 0.4) is 0 Å². The molecular weight excluding hydrogens is 356 g/mol. The van der Waals surface area contributed by atoms with Gasteiger partial charge >= 0.3 is 6.09 Å². The smallest absolute Gasteiger partial charge is 0.405 e. The van der Waals surface area contributed by atoms with Gasteiger partial charge in [0.25, 0.3) is 0 Å². The van der Waals surface area contributed by atoms with Crippen LogP contribution in [0.2, 0.25) is 0 Å². The molecule has 1 unspecified atom stereocenters. The monoisotopic (exact) mass is 380 g/mol. The van der Waals surface area contributed by atoms with E-state index >= 15 is 0 Å². The number of primary amides is 1. The van der Waals surface area contributed by atoms with Gasteiger partial charge in [0.05, 0.1) is 11.3 Å². The summed E-state index contributed by atoms with van der Waals surface area (Å²) in [6.45, 7) is 9.52. The molecule has 1 amide bonds. The van der Waals surface area contributed by atoms with Crippen LogP contribution < -0.4 is 10.5 Å². The van der Waals surface area contributed by atoms with Crippen LogP contribution in [0, 0.1) is 17.2 Å². The van der Waals surface area contributed by atoms with Gasteiger partial charge in [0.15, 0.2) is 5.82 Å². The third-order valence-corrected chi connectivity index (χ3v) is 3.97. The lowest BCUT2D eigenvalue weighted by molar-refractivity contribution is -0.0186. The first-order valence-electron chi connectivity index (χ1n) is 8.87. The predicted octanol–water partition coefficient (Wildman–Crippen LogP) is 3.94. The molecule has 7 heteroatoms. The van der Waals surface area contributed by atoms with Crippen LogP contribution in [0.4, 0.5) is 4.79 Å². The predicted molar refractivity (Wildman–Crippen MR) is 106 cm³/mol. The summed E-state index contributed by atoms with van der Waals surface area (Å²) in [4.78, 5) is 19.7. The molecule has 0 saturated heterocycles. The van der Waals surface area contributed by atoms with E-state index in [0.29, 0.717) is 29.3 Å². The van der Waals surface area contributed by atoms with E-state index in [2.05, 4.69) is 22.6 Å². The van der Waals surface area contributed by atoms with Crippen molar-refractivity contribution in [2.24, 2.45) is 11.7 Å². The highest BCUT2D eigenvalue weighted by Crippen LogP contribution is 2.28. The molecule has 0 spiro atoms. The molecule has 1 aromatic carbocycles. The number of hydrogen-bond donors (Lipinski definition) is 1. The normalized spacial score (nSPS) is 12.7. The fourth-order valence-electron chi connectivity index (χ4n) is 3.00. The number of nitriles is 1. The Hall–Kier alpha value is -3.40. The summed E-state index contributed by atoms with van der Waals surface area (Å²) in [5, 5.41) is 9.53. The zero-order valence-electron chi connectivity index (χ0n) is 16.3. The summed E-state index contributed by atoms with van der Waals surface area (Å²) in [6, 6.07) is 9.08. The number of carbonyl (C=O) groups excluding carboxylic acids is 1. The maximum absolute atomic E-state index is 11.3. The topological polar surface area (TPSA) is 111 Å². The molecule has 0 radical (unpaired) electrons. The minimum Gasteiger partial charge on any atom is -0.488 e. The van der Waals surface area contributed by atoms with Gasteiger partial charge in [0.1, 0.15) is 24.0 Å². The molecule has 0 aliphatic carbocycles. The molecule has 146 valence electrons. The summed E-state index contributed by atoms with van der Waals surface area (Å²) < 4.78 is 11.1. The number of ether oxygens (including phenoxy) is 2. The van der Waals surface area contributed by atoms with E-state index in [1.807, 2.05) is 13.8 Å². The van der Waals surface area contributed by atoms with Crippen LogP contribution in [-0.4, -0.2) is 28.3 Å². The van der Waals surface area contributed by atoms with E-state index in [0.717, 1.165) is 5.56 Å². The first-order valence-corrected chi connectivity index (χ1v) is 8.87. The van der Waals surface area contributed by atoms with Gasteiger partial charge in [0.2, 0.25) is 0 Å². The van der Waals surface area contributed by atoms with Crippen molar-refractivity contribution in [2.45, 2.75) is 32.8 Å². The third kappa shape index (κ3) is 5.55. The van der Waals surface area contributed by atoms with Crippen molar-refractivity contribution < 1.29 is 14.3 Å². The Morgan fingerprint density at radius 3 is 2.79 bits per heavy atom. The number of rotatable bonds is 8. The van der Waals surface area contributed by atoms with Crippen LogP contribution >= 0.6 is 0 Å². The summed E-state index contributed by atoms with van der Waals surface area (Å²) >= 11 is 0. The molecule has 7 nitrogen and oxygen atoms in total. The lowest BCUT2D eigenvalue weighted by atomic mass is 9.95. The van der Waals surface area contributed by atoms with E-state index in [1.54, 1.807) is 43.5 Å². The van der Waals surface area contributed by atoms with Crippen LogP contribution in [0.1, 0.15) is 38.6 Å². The number of nitrogens with zero attached hydrogens (tertiary/aromatic N) is 3. The molecule has 0 bridgehead atoms. The van der Waals surface area contributed by atoms with Crippen molar-refractivity contribution in [2.75, 3.05) is 6.61 Å². The van der Waals surface area contributed by atoms with Crippen molar-refractivity contribution in [3.8, 4) is 23.1 Å². The molecule has 1 aromatic heterocycles. The fourth-order valence-corrected chi connectivity index (χ4v) is 3.00. The maximum atomic E-state index is 11.3. The molecule has 0 aliphatic heterocycles. The Kier molecular flexibility index (Phi) is 6.72. The van der Waals surface area contributed by atoms with Crippen molar-refractivity contribution in [1.82, 2.24) is 9.97 Å². The van der Waals surface area contributed by atoms with Gasteiger partial charge in [-0.1, -0.05) is 20.4 Å². The van der Waals surface area contributed by atoms with Gasteiger partial charge in [-0.2, -0.15) is 5.26 Å². The highest BCUT2D eigenvalue weighted by Gasteiger charge is 2.30. The van der Waals surface area contributed by atoms with Crippen LogP contribution in [0.5, 0.6) is 5.75 Å².